The van der Waals surface area contributed by atoms with Crippen LogP contribution >= 0.6 is 0 Å². The van der Waals surface area contributed by atoms with E-state index in [1.807, 2.05) is 13.0 Å². The Morgan fingerprint density at radius 1 is 1.47 bits per heavy atom. The van der Waals surface area contributed by atoms with Gasteiger partial charge in [-0.25, -0.2) is 4.68 Å². The van der Waals surface area contributed by atoms with E-state index in [4.69, 9.17) is 5.73 Å². The van der Waals surface area contributed by atoms with Crippen LogP contribution in [0.1, 0.15) is 6.92 Å². The topological polar surface area (TPSA) is 81.7 Å². The summed E-state index contributed by atoms with van der Waals surface area (Å²) in [6.45, 7) is 2.78. The second-order valence-electron chi connectivity index (χ2n) is 2.95. The van der Waals surface area contributed by atoms with Gasteiger partial charge >= 0.3 is 0 Å². The molecular formula is C9H12N6. The Hall–Kier alpha value is -2.11. The van der Waals surface area contributed by atoms with Gasteiger partial charge in [-0.05, 0) is 13.0 Å². The lowest BCUT2D eigenvalue weighted by atomic mass is 10.5. The SMILES string of the molecule is CCNc1cc(-n2cccn2)nc(N)n1. The molecule has 2 heterocycles. The highest BCUT2D eigenvalue weighted by Gasteiger charge is 2.03. The molecule has 2 aromatic rings. The van der Waals surface area contributed by atoms with Crippen molar-refractivity contribution < 1.29 is 0 Å². The number of nitrogens with zero attached hydrogens (tertiary/aromatic N) is 4. The lowest BCUT2D eigenvalue weighted by Gasteiger charge is -2.06. The van der Waals surface area contributed by atoms with Crippen molar-refractivity contribution in [2.75, 3.05) is 17.6 Å². The summed E-state index contributed by atoms with van der Waals surface area (Å²) in [6, 6.07) is 3.62. The summed E-state index contributed by atoms with van der Waals surface area (Å²) in [7, 11) is 0. The van der Waals surface area contributed by atoms with Crippen LogP contribution in [0.2, 0.25) is 0 Å². The number of hydrogen-bond acceptors (Lipinski definition) is 5. The number of nitrogens with two attached hydrogens (primary N) is 1. The average Bonchev–Trinajstić information content (AvgIpc) is 2.70. The number of aromatic nitrogens is 4. The molecule has 0 aliphatic rings. The molecule has 0 fully saturated rings. The van der Waals surface area contributed by atoms with Gasteiger partial charge in [0.15, 0.2) is 5.82 Å². The van der Waals surface area contributed by atoms with Crippen molar-refractivity contribution in [3.63, 3.8) is 0 Å². The molecular weight excluding hydrogens is 192 g/mol. The highest BCUT2D eigenvalue weighted by atomic mass is 15.3. The van der Waals surface area contributed by atoms with E-state index >= 15 is 0 Å². The molecule has 2 aromatic heterocycles. The Labute approximate surface area is 87.2 Å². The van der Waals surface area contributed by atoms with E-state index < -0.39 is 0 Å². The average molecular weight is 204 g/mol. The van der Waals surface area contributed by atoms with Gasteiger partial charge in [-0.2, -0.15) is 15.1 Å². The van der Waals surface area contributed by atoms with Gasteiger partial charge < -0.3 is 11.1 Å². The summed E-state index contributed by atoms with van der Waals surface area (Å²) in [5.41, 5.74) is 5.59. The summed E-state index contributed by atoms with van der Waals surface area (Å²) in [5, 5.41) is 7.15. The van der Waals surface area contributed by atoms with E-state index in [1.54, 1.807) is 23.1 Å². The fraction of sp³-hybridized carbons (Fsp3) is 0.222. The van der Waals surface area contributed by atoms with E-state index in [0.29, 0.717) is 11.6 Å². The molecule has 0 aliphatic carbocycles. The standard InChI is InChI=1S/C9H12N6/c1-2-11-7-6-8(14-9(10)13-7)15-5-3-4-12-15/h3-6H,2H2,1H3,(H3,10,11,13,14). The fourth-order valence-electron chi connectivity index (χ4n) is 1.25. The first kappa shape index (κ1) is 9.45. The Bertz CT molecular complexity index is 436. The van der Waals surface area contributed by atoms with E-state index in [1.165, 1.54) is 0 Å². The van der Waals surface area contributed by atoms with Crippen LogP contribution in [0.4, 0.5) is 11.8 Å². The first-order chi connectivity index (χ1) is 7.29. The fourth-order valence-corrected chi connectivity index (χ4v) is 1.25. The monoisotopic (exact) mass is 204 g/mol. The van der Waals surface area contributed by atoms with Gasteiger partial charge in [-0.15, -0.1) is 0 Å². The summed E-state index contributed by atoms with van der Waals surface area (Å²) in [5.74, 6) is 1.60. The zero-order valence-electron chi connectivity index (χ0n) is 8.38. The van der Waals surface area contributed by atoms with E-state index in [2.05, 4.69) is 20.4 Å². The van der Waals surface area contributed by atoms with Crippen molar-refractivity contribution in [1.82, 2.24) is 19.7 Å². The molecule has 78 valence electrons. The lowest BCUT2D eigenvalue weighted by molar-refractivity contribution is 0.842. The van der Waals surface area contributed by atoms with Crippen LogP contribution in [-0.2, 0) is 0 Å². The van der Waals surface area contributed by atoms with Crippen molar-refractivity contribution >= 4 is 11.8 Å². The van der Waals surface area contributed by atoms with Crippen LogP contribution in [0.3, 0.4) is 0 Å². The summed E-state index contributed by atoms with van der Waals surface area (Å²) in [6.07, 6.45) is 3.49. The molecule has 0 atom stereocenters. The van der Waals surface area contributed by atoms with Crippen LogP contribution in [-0.4, -0.2) is 26.3 Å². The molecule has 0 unspecified atom stereocenters. The minimum absolute atomic E-state index is 0.235. The van der Waals surface area contributed by atoms with Crippen LogP contribution in [0.15, 0.2) is 24.5 Å². The molecule has 0 saturated carbocycles. The van der Waals surface area contributed by atoms with Crippen molar-refractivity contribution in [2.24, 2.45) is 0 Å². The molecule has 0 aromatic carbocycles. The van der Waals surface area contributed by atoms with E-state index in [9.17, 15) is 0 Å². The van der Waals surface area contributed by atoms with E-state index in [-0.39, 0.29) is 5.95 Å². The summed E-state index contributed by atoms with van der Waals surface area (Å²) >= 11 is 0. The summed E-state index contributed by atoms with van der Waals surface area (Å²) < 4.78 is 1.64. The van der Waals surface area contributed by atoms with Crippen molar-refractivity contribution in [3.8, 4) is 5.82 Å². The molecule has 0 spiro atoms. The molecule has 3 N–H and O–H groups in total. The molecule has 15 heavy (non-hydrogen) atoms. The maximum absolute atomic E-state index is 5.59. The largest absolute Gasteiger partial charge is 0.370 e. The maximum Gasteiger partial charge on any atom is 0.224 e. The second kappa shape index (κ2) is 3.95. The molecule has 0 amide bonds. The number of nitrogens with one attached hydrogen (secondary N) is 1. The zero-order chi connectivity index (χ0) is 10.7. The van der Waals surface area contributed by atoms with Crippen molar-refractivity contribution in [1.29, 1.82) is 0 Å². The number of anilines is 2. The van der Waals surface area contributed by atoms with Crippen LogP contribution in [0.25, 0.3) is 5.82 Å². The van der Waals surface area contributed by atoms with Gasteiger partial charge in [0, 0.05) is 25.0 Å². The molecule has 6 nitrogen and oxygen atoms in total. The van der Waals surface area contributed by atoms with Gasteiger partial charge in [-0.3, -0.25) is 0 Å². The lowest BCUT2D eigenvalue weighted by Crippen LogP contribution is -2.07. The zero-order valence-corrected chi connectivity index (χ0v) is 8.38. The van der Waals surface area contributed by atoms with Gasteiger partial charge in [0.1, 0.15) is 5.82 Å². The molecule has 0 aliphatic heterocycles. The van der Waals surface area contributed by atoms with Gasteiger partial charge in [0.25, 0.3) is 0 Å². The Morgan fingerprint density at radius 2 is 2.33 bits per heavy atom. The van der Waals surface area contributed by atoms with Crippen LogP contribution in [0.5, 0.6) is 0 Å². The smallest absolute Gasteiger partial charge is 0.224 e. The predicted molar refractivity (Wildman–Crippen MR) is 57.7 cm³/mol. The quantitative estimate of drug-likeness (QED) is 0.768. The molecule has 0 radical (unpaired) electrons. The first-order valence-electron chi connectivity index (χ1n) is 4.68. The Morgan fingerprint density at radius 3 is 3.00 bits per heavy atom. The maximum atomic E-state index is 5.59. The molecule has 0 saturated heterocycles. The minimum Gasteiger partial charge on any atom is -0.370 e. The first-order valence-corrected chi connectivity index (χ1v) is 4.68. The normalized spacial score (nSPS) is 10.2. The van der Waals surface area contributed by atoms with Crippen molar-refractivity contribution in [3.05, 3.63) is 24.5 Å². The third kappa shape index (κ3) is 2.04. The van der Waals surface area contributed by atoms with Gasteiger partial charge in [0.2, 0.25) is 5.95 Å². The third-order valence-electron chi connectivity index (χ3n) is 1.83. The summed E-state index contributed by atoms with van der Waals surface area (Å²) in [4.78, 5) is 8.13. The highest BCUT2D eigenvalue weighted by molar-refractivity contribution is 5.45. The molecule has 0 bridgehead atoms. The Kier molecular flexibility index (Phi) is 2.49. The molecule has 6 heteroatoms. The predicted octanol–water partition coefficient (Wildman–Crippen LogP) is 0.676. The molecule has 2 rings (SSSR count). The number of rotatable bonds is 3. The Balaban J connectivity index is 2.40. The third-order valence-corrected chi connectivity index (χ3v) is 1.83. The van der Waals surface area contributed by atoms with Crippen molar-refractivity contribution in [2.45, 2.75) is 6.92 Å². The highest BCUT2D eigenvalue weighted by Crippen LogP contribution is 2.10. The number of hydrogen-bond donors (Lipinski definition) is 2. The van der Waals surface area contributed by atoms with Crippen LogP contribution < -0.4 is 11.1 Å². The van der Waals surface area contributed by atoms with E-state index in [0.717, 1.165) is 6.54 Å². The van der Waals surface area contributed by atoms with Gasteiger partial charge in [0.05, 0.1) is 0 Å². The second-order valence-corrected chi connectivity index (χ2v) is 2.95. The van der Waals surface area contributed by atoms with Crippen LogP contribution in [0, 0.1) is 0 Å². The van der Waals surface area contributed by atoms with Gasteiger partial charge in [-0.1, -0.05) is 0 Å². The number of nitrogen functional groups attached to an aromatic ring is 1. The minimum atomic E-state index is 0.235.